The summed E-state index contributed by atoms with van der Waals surface area (Å²) in [5, 5.41) is 0. The first-order chi connectivity index (χ1) is 4.34. The molecule has 1 aliphatic heterocycles. The van der Waals surface area contributed by atoms with Gasteiger partial charge in [-0.2, -0.15) is 0 Å². The van der Waals surface area contributed by atoms with E-state index in [1.54, 1.807) is 4.90 Å². The van der Waals surface area contributed by atoms with Crippen LogP contribution in [-0.4, -0.2) is 31.2 Å². The molecule has 0 bridgehead atoms. The number of methoxy groups -OCH3 is 1. The Labute approximate surface area is 54.6 Å². The lowest BCUT2D eigenvalue weighted by molar-refractivity contribution is 0.134. The highest BCUT2D eigenvalue weighted by Crippen LogP contribution is 2.06. The molecule has 1 radical (unpaired) electrons. The first-order valence-corrected chi connectivity index (χ1v) is 2.99. The Bertz CT molecular complexity index is 108. The van der Waals surface area contributed by atoms with Crippen molar-refractivity contribution < 1.29 is 9.53 Å². The number of likely N-dealkylation sites (tertiary alicyclic amines) is 1. The van der Waals surface area contributed by atoms with Crippen molar-refractivity contribution in [3.05, 3.63) is 6.42 Å². The van der Waals surface area contributed by atoms with E-state index >= 15 is 0 Å². The van der Waals surface area contributed by atoms with E-state index in [9.17, 15) is 4.79 Å². The second kappa shape index (κ2) is 2.71. The molecule has 0 aromatic heterocycles. The zero-order chi connectivity index (χ0) is 6.69. The van der Waals surface area contributed by atoms with Crippen molar-refractivity contribution in [3.63, 3.8) is 0 Å². The zero-order valence-corrected chi connectivity index (χ0v) is 5.46. The molecule has 1 aliphatic rings. The molecule has 3 nitrogen and oxygen atoms in total. The van der Waals surface area contributed by atoms with Crippen LogP contribution in [0.25, 0.3) is 0 Å². The second-order valence-electron chi connectivity index (χ2n) is 1.99. The molecule has 0 aromatic rings. The number of carbonyl (C=O) groups is 1. The van der Waals surface area contributed by atoms with Crippen molar-refractivity contribution in [2.75, 3.05) is 20.2 Å². The first kappa shape index (κ1) is 6.39. The van der Waals surface area contributed by atoms with Crippen LogP contribution in [0.4, 0.5) is 4.79 Å². The molecule has 1 fully saturated rings. The molecule has 0 saturated carbocycles. The van der Waals surface area contributed by atoms with Gasteiger partial charge in [0.25, 0.3) is 0 Å². The number of nitrogens with zero attached hydrogens (tertiary/aromatic N) is 1. The Hall–Kier alpha value is -0.730. The summed E-state index contributed by atoms with van der Waals surface area (Å²) in [7, 11) is 1.40. The SMILES string of the molecule is COC(=O)N1C[CH]CC1. The van der Waals surface area contributed by atoms with Crippen molar-refractivity contribution in [1.82, 2.24) is 4.90 Å². The molecule has 1 heterocycles. The average Bonchev–Trinajstić information content (AvgIpc) is 2.37. The van der Waals surface area contributed by atoms with Gasteiger partial charge in [0.1, 0.15) is 0 Å². The Kier molecular flexibility index (Phi) is 1.92. The van der Waals surface area contributed by atoms with Crippen LogP contribution in [0.1, 0.15) is 6.42 Å². The van der Waals surface area contributed by atoms with Crippen molar-refractivity contribution >= 4 is 6.09 Å². The molecule has 0 aromatic carbocycles. The minimum atomic E-state index is -0.219. The van der Waals surface area contributed by atoms with Crippen LogP contribution in [0.15, 0.2) is 0 Å². The Balaban J connectivity index is 2.32. The lowest BCUT2D eigenvalue weighted by Crippen LogP contribution is -2.27. The number of hydrogen-bond donors (Lipinski definition) is 0. The second-order valence-corrected chi connectivity index (χ2v) is 1.99. The molecule has 0 aliphatic carbocycles. The predicted octanol–water partition coefficient (Wildman–Crippen LogP) is 0.663. The van der Waals surface area contributed by atoms with Gasteiger partial charge in [-0.15, -0.1) is 0 Å². The minimum Gasteiger partial charge on any atom is -0.453 e. The third-order valence-corrected chi connectivity index (χ3v) is 1.39. The summed E-state index contributed by atoms with van der Waals surface area (Å²) in [6, 6.07) is 0. The molecule has 0 spiro atoms. The number of carbonyl (C=O) groups excluding carboxylic acids is 1. The highest BCUT2D eigenvalue weighted by atomic mass is 16.5. The van der Waals surface area contributed by atoms with E-state index in [-0.39, 0.29) is 6.09 Å². The van der Waals surface area contributed by atoms with Gasteiger partial charge in [0.2, 0.25) is 0 Å². The highest BCUT2D eigenvalue weighted by Gasteiger charge is 2.17. The molecule has 1 saturated heterocycles. The van der Waals surface area contributed by atoms with E-state index in [0.29, 0.717) is 0 Å². The summed E-state index contributed by atoms with van der Waals surface area (Å²) in [4.78, 5) is 12.4. The number of rotatable bonds is 0. The molecule has 9 heavy (non-hydrogen) atoms. The van der Waals surface area contributed by atoms with E-state index in [4.69, 9.17) is 0 Å². The summed E-state index contributed by atoms with van der Waals surface area (Å²) in [5.41, 5.74) is 0. The van der Waals surface area contributed by atoms with Crippen molar-refractivity contribution in [1.29, 1.82) is 0 Å². The Morgan fingerprint density at radius 1 is 1.78 bits per heavy atom. The summed E-state index contributed by atoms with van der Waals surface area (Å²) in [6.07, 6.45) is 2.84. The zero-order valence-electron chi connectivity index (χ0n) is 5.46. The number of amides is 1. The van der Waals surface area contributed by atoms with E-state index in [1.165, 1.54) is 7.11 Å². The van der Waals surface area contributed by atoms with E-state index in [0.717, 1.165) is 19.5 Å². The molecule has 0 N–H and O–H groups in total. The van der Waals surface area contributed by atoms with E-state index in [1.807, 2.05) is 0 Å². The van der Waals surface area contributed by atoms with Crippen molar-refractivity contribution in [3.8, 4) is 0 Å². The monoisotopic (exact) mass is 128 g/mol. The Morgan fingerprint density at radius 3 is 3.00 bits per heavy atom. The molecule has 0 atom stereocenters. The van der Waals surface area contributed by atoms with Crippen LogP contribution in [-0.2, 0) is 4.74 Å². The summed E-state index contributed by atoms with van der Waals surface area (Å²) < 4.78 is 4.50. The maximum absolute atomic E-state index is 10.7. The molecule has 1 rings (SSSR count). The molecular formula is C6H10NO2. The van der Waals surface area contributed by atoms with Crippen molar-refractivity contribution in [2.24, 2.45) is 0 Å². The van der Waals surface area contributed by atoms with E-state index in [2.05, 4.69) is 11.2 Å². The largest absolute Gasteiger partial charge is 0.453 e. The van der Waals surface area contributed by atoms with Gasteiger partial charge in [0.05, 0.1) is 7.11 Å². The quantitative estimate of drug-likeness (QED) is 0.479. The van der Waals surface area contributed by atoms with Gasteiger partial charge < -0.3 is 9.64 Å². The Morgan fingerprint density at radius 2 is 2.56 bits per heavy atom. The van der Waals surface area contributed by atoms with Crippen LogP contribution >= 0.6 is 0 Å². The van der Waals surface area contributed by atoms with Gasteiger partial charge in [-0.25, -0.2) is 4.79 Å². The van der Waals surface area contributed by atoms with Gasteiger partial charge in [-0.05, 0) is 12.8 Å². The normalized spacial score (nSPS) is 18.1. The molecule has 3 heteroatoms. The first-order valence-electron chi connectivity index (χ1n) is 2.99. The molecule has 1 amide bonds. The lowest BCUT2D eigenvalue weighted by atomic mass is 10.4. The number of ether oxygens (including phenoxy) is 1. The van der Waals surface area contributed by atoms with Crippen LogP contribution in [0, 0.1) is 6.42 Å². The average molecular weight is 128 g/mol. The van der Waals surface area contributed by atoms with Crippen LogP contribution in [0.2, 0.25) is 0 Å². The smallest absolute Gasteiger partial charge is 0.409 e. The lowest BCUT2D eigenvalue weighted by Gasteiger charge is -2.11. The topological polar surface area (TPSA) is 29.5 Å². The van der Waals surface area contributed by atoms with Gasteiger partial charge in [-0.3, -0.25) is 0 Å². The third kappa shape index (κ3) is 1.34. The fraction of sp³-hybridized carbons (Fsp3) is 0.667. The number of hydrogen-bond acceptors (Lipinski definition) is 2. The van der Waals surface area contributed by atoms with Crippen molar-refractivity contribution in [2.45, 2.75) is 6.42 Å². The van der Waals surface area contributed by atoms with Gasteiger partial charge in [0.15, 0.2) is 0 Å². The molecular weight excluding hydrogens is 118 g/mol. The van der Waals surface area contributed by atoms with Gasteiger partial charge >= 0.3 is 6.09 Å². The fourth-order valence-electron chi connectivity index (χ4n) is 0.880. The van der Waals surface area contributed by atoms with Gasteiger partial charge in [0, 0.05) is 13.1 Å². The molecule has 0 unspecified atom stereocenters. The molecule has 51 valence electrons. The highest BCUT2D eigenvalue weighted by molar-refractivity contribution is 5.67. The van der Waals surface area contributed by atoms with Crippen LogP contribution in [0.5, 0.6) is 0 Å². The fourth-order valence-corrected chi connectivity index (χ4v) is 0.880. The summed E-state index contributed by atoms with van der Waals surface area (Å²) >= 11 is 0. The maximum atomic E-state index is 10.7. The van der Waals surface area contributed by atoms with E-state index < -0.39 is 0 Å². The standard InChI is InChI=1S/C6H10NO2/c1-9-6(8)7-4-2-3-5-7/h2H,3-5H2,1H3. The van der Waals surface area contributed by atoms with Crippen LogP contribution < -0.4 is 0 Å². The minimum absolute atomic E-state index is 0.219. The summed E-state index contributed by atoms with van der Waals surface area (Å²) in [5.74, 6) is 0. The maximum Gasteiger partial charge on any atom is 0.409 e. The predicted molar refractivity (Wildman–Crippen MR) is 32.9 cm³/mol. The van der Waals surface area contributed by atoms with Crippen LogP contribution in [0.3, 0.4) is 0 Å². The van der Waals surface area contributed by atoms with Gasteiger partial charge in [-0.1, -0.05) is 0 Å². The third-order valence-electron chi connectivity index (χ3n) is 1.39. The summed E-state index contributed by atoms with van der Waals surface area (Å²) in [6.45, 7) is 1.55.